The number of thioether (sulfide) groups is 1. The Morgan fingerprint density at radius 2 is 2.09 bits per heavy atom. The van der Waals surface area contributed by atoms with E-state index in [1.54, 1.807) is 0 Å². The number of carbonyl (C=O) groups excluding carboxylic acids is 2. The lowest BCUT2D eigenvalue weighted by atomic mass is 10.0. The second kappa shape index (κ2) is 9.99. The van der Waals surface area contributed by atoms with Crippen molar-refractivity contribution in [1.82, 2.24) is 20.5 Å². The molecule has 3 rings (SSSR count). The molecule has 1 aromatic heterocycles. The van der Waals surface area contributed by atoms with Gasteiger partial charge in [0, 0.05) is 17.7 Å². The van der Waals surface area contributed by atoms with Gasteiger partial charge in [-0.3, -0.25) is 14.5 Å². The zero-order chi connectivity index (χ0) is 25.2. The Morgan fingerprint density at radius 3 is 2.65 bits per heavy atom. The molecule has 2 aliphatic rings. The van der Waals surface area contributed by atoms with Gasteiger partial charge in [-0.25, -0.2) is 14.6 Å². The van der Waals surface area contributed by atoms with E-state index in [1.165, 1.54) is 31.0 Å². The minimum atomic E-state index is -1.74. The third-order valence-corrected chi connectivity index (χ3v) is 7.00. The van der Waals surface area contributed by atoms with E-state index < -0.39 is 40.8 Å². The van der Waals surface area contributed by atoms with E-state index in [1.807, 2.05) is 6.92 Å². The van der Waals surface area contributed by atoms with Crippen LogP contribution in [0.25, 0.3) is 0 Å². The molecule has 15 heteroatoms. The molecule has 2 aliphatic heterocycles. The van der Waals surface area contributed by atoms with Gasteiger partial charge in [-0.15, -0.1) is 23.1 Å². The third-order valence-electron chi connectivity index (χ3n) is 4.98. The third kappa shape index (κ3) is 5.00. The maximum atomic E-state index is 13.0. The number of hydrogen-bond donors (Lipinski definition) is 5. The van der Waals surface area contributed by atoms with Gasteiger partial charge in [0.25, 0.3) is 11.8 Å². The second-order valence-corrected chi connectivity index (χ2v) is 9.81. The first-order valence-corrected chi connectivity index (χ1v) is 12.0. The number of likely N-dealkylation sites (N-methyl/N-ethyl adjacent to an activating group) is 1. The number of amides is 2. The van der Waals surface area contributed by atoms with Gasteiger partial charge in [-0.05, 0) is 26.0 Å². The smallest absolute Gasteiger partial charge is 0.352 e. The van der Waals surface area contributed by atoms with Crippen LogP contribution < -0.4 is 16.4 Å². The average molecular weight is 513 g/mol. The molecule has 2 atom stereocenters. The standard InChI is InChI=1S/C19H24N6O7S2/c1-4-21-5-8-6-33-15-11(14(27)25(15)12(8)16(28)29)23-13(26)10(9-7-34-18(20)22-9)24-32-19(2,3)17(30)31/h7,11,15,21H,4-6H2,1-3H3,(H2,20,22)(H,23,26)(H,28,29)(H,30,31)/b24-10-/t11?,15-/m0/s1. The summed E-state index contributed by atoms with van der Waals surface area (Å²) >= 11 is 2.36. The fourth-order valence-electron chi connectivity index (χ4n) is 3.10. The molecular weight excluding hydrogens is 488 g/mol. The number of aliphatic carboxylic acids is 2. The fraction of sp³-hybridized carbons (Fsp3) is 0.474. The number of carboxylic acid groups (broad SMARTS) is 2. The highest BCUT2D eigenvalue weighted by Gasteiger charge is 2.54. The number of hydrogen-bond acceptors (Lipinski definition) is 11. The van der Waals surface area contributed by atoms with Crippen molar-refractivity contribution < 1.29 is 34.2 Å². The van der Waals surface area contributed by atoms with E-state index in [0.29, 0.717) is 24.4 Å². The van der Waals surface area contributed by atoms with E-state index in [2.05, 4.69) is 20.8 Å². The largest absolute Gasteiger partial charge is 0.478 e. The molecule has 2 amide bonds. The Balaban J connectivity index is 1.82. The number of carboxylic acids is 2. The van der Waals surface area contributed by atoms with Crippen LogP contribution >= 0.6 is 23.1 Å². The Bertz CT molecular complexity index is 1080. The summed E-state index contributed by atoms with van der Waals surface area (Å²) in [5.74, 6) is -3.58. The summed E-state index contributed by atoms with van der Waals surface area (Å²) in [5, 5.41) is 29.2. The number of fused-ring (bicyclic) bond motifs is 1. The van der Waals surface area contributed by atoms with Gasteiger partial charge < -0.3 is 31.4 Å². The summed E-state index contributed by atoms with van der Waals surface area (Å²) in [4.78, 5) is 59.2. The Morgan fingerprint density at radius 1 is 1.38 bits per heavy atom. The van der Waals surface area contributed by atoms with Crippen molar-refractivity contribution in [3.05, 3.63) is 22.3 Å². The minimum absolute atomic E-state index is 0.0418. The predicted molar refractivity (Wildman–Crippen MR) is 124 cm³/mol. The molecule has 0 radical (unpaired) electrons. The van der Waals surface area contributed by atoms with Crippen molar-refractivity contribution in [3.8, 4) is 0 Å². The monoisotopic (exact) mass is 512 g/mol. The highest BCUT2D eigenvalue weighted by atomic mass is 32.2. The first-order chi connectivity index (χ1) is 16.0. The van der Waals surface area contributed by atoms with Crippen LogP contribution in [0.3, 0.4) is 0 Å². The van der Waals surface area contributed by atoms with E-state index in [4.69, 9.17) is 10.6 Å². The summed E-state index contributed by atoms with van der Waals surface area (Å²) in [6, 6.07) is -1.01. The Kier molecular flexibility index (Phi) is 7.48. The van der Waals surface area contributed by atoms with E-state index in [9.17, 15) is 29.4 Å². The van der Waals surface area contributed by atoms with Gasteiger partial charge in [-0.1, -0.05) is 12.1 Å². The molecular formula is C19H24N6O7S2. The van der Waals surface area contributed by atoms with Crippen molar-refractivity contribution in [2.24, 2.45) is 5.16 Å². The lowest BCUT2D eigenvalue weighted by Crippen LogP contribution is -2.71. The molecule has 184 valence electrons. The number of thiazole rings is 1. The van der Waals surface area contributed by atoms with Gasteiger partial charge in [0.1, 0.15) is 22.8 Å². The Labute approximate surface area is 202 Å². The highest BCUT2D eigenvalue weighted by Crippen LogP contribution is 2.40. The van der Waals surface area contributed by atoms with Crippen LogP contribution in [0.5, 0.6) is 0 Å². The maximum absolute atomic E-state index is 13.0. The molecule has 0 spiro atoms. The molecule has 0 aromatic carbocycles. The molecule has 0 aliphatic carbocycles. The van der Waals surface area contributed by atoms with Crippen molar-refractivity contribution in [3.63, 3.8) is 0 Å². The van der Waals surface area contributed by atoms with Gasteiger partial charge in [0.2, 0.25) is 5.60 Å². The lowest BCUT2D eigenvalue weighted by Gasteiger charge is -2.49. The summed E-state index contributed by atoms with van der Waals surface area (Å²) in [5.41, 5.74) is 4.07. The molecule has 1 unspecified atom stereocenters. The molecule has 6 N–H and O–H groups in total. The lowest BCUT2D eigenvalue weighted by molar-refractivity contribution is -0.161. The first kappa shape index (κ1) is 25.5. The molecule has 34 heavy (non-hydrogen) atoms. The second-order valence-electron chi connectivity index (χ2n) is 7.82. The number of rotatable bonds is 10. The number of nitrogen functional groups attached to an aromatic ring is 1. The van der Waals surface area contributed by atoms with Crippen LogP contribution in [-0.2, 0) is 24.0 Å². The topological polar surface area (TPSA) is 197 Å². The fourth-order valence-corrected chi connectivity index (χ4v) is 5.00. The summed E-state index contributed by atoms with van der Waals surface area (Å²) in [6.07, 6.45) is 0. The van der Waals surface area contributed by atoms with E-state index in [-0.39, 0.29) is 22.2 Å². The first-order valence-electron chi connectivity index (χ1n) is 10.1. The van der Waals surface area contributed by atoms with Crippen molar-refractivity contribution >= 4 is 57.7 Å². The van der Waals surface area contributed by atoms with Gasteiger partial charge in [0.15, 0.2) is 10.8 Å². The maximum Gasteiger partial charge on any atom is 0.352 e. The molecule has 3 heterocycles. The average Bonchev–Trinajstić information content (AvgIpc) is 3.20. The SMILES string of the molecule is CCNCC1=C(C(=O)O)N2C(=O)C(NC(=O)/C(=N\OC(C)(C)C(=O)O)c3csc(N)n3)[C@@H]2SC1. The van der Waals surface area contributed by atoms with E-state index in [0.717, 1.165) is 16.2 Å². The highest BCUT2D eigenvalue weighted by molar-refractivity contribution is 8.00. The zero-order valence-corrected chi connectivity index (χ0v) is 20.2. The van der Waals surface area contributed by atoms with Crippen molar-refractivity contribution in [2.45, 2.75) is 37.8 Å². The minimum Gasteiger partial charge on any atom is -0.478 e. The molecule has 0 bridgehead atoms. The number of anilines is 1. The molecule has 1 aromatic rings. The van der Waals surface area contributed by atoms with Crippen LogP contribution in [0.1, 0.15) is 26.5 Å². The van der Waals surface area contributed by atoms with Gasteiger partial charge >= 0.3 is 11.9 Å². The molecule has 1 fully saturated rings. The molecule has 13 nitrogen and oxygen atoms in total. The van der Waals surface area contributed by atoms with Crippen LogP contribution in [0.2, 0.25) is 0 Å². The Hall–Kier alpha value is -3.17. The van der Waals surface area contributed by atoms with Crippen molar-refractivity contribution in [2.75, 3.05) is 24.6 Å². The predicted octanol–water partition coefficient (Wildman–Crippen LogP) is -0.343. The number of β-lactam (4-membered cyclic amide) rings is 1. The van der Waals surface area contributed by atoms with Crippen LogP contribution in [0.4, 0.5) is 5.13 Å². The number of nitrogens with zero attached hydrogens (tertiary/aromatic N) is 3. The van der Waals surface area contributed by atoms with Crippen LogP contribution in [-0.4, -0.2) is 85.4 Å². The van der Waals surface area contributed by atoms with Gasteiger partial charge in [0.05, 0.1) is 0 Å². The number of nitrogens with one attached hydrogen (secondary N) is 2. The summed E-state index contributed by atoms with van der Waals surface area (Å²) in [6.45, 7) is 5.36. The number of oxime groups is 1. The number of carbonyl (C=O) groups is 4. The van der Waals surface area contributed by atoms with Gasteiger partial charge in [-0.2, -0.15) is 0 Å². The normalized spacial score (nSPS) is 20.5. The van der Waals surface area contributed by atoms with Crippen LogP contribution in [0.15, 0.2) is 21.8 Å². The number of nitrogens with two attached hydrogens (primary N) is 1. The van der Waals surface area contributed by atoms with E-state index >= 15 is 0 Å². The number of aromatic nitrogens is 1. The molecule has 1 saturated heterocycles. The summed E-state index contributed by atoms with van der Waals surface area (Å²) < 4.78 is 0. The summed E-state index contributed by atoms with van der Waals surface area (Å²) in [7, 11) is 0. The molecule has 0 saturated carbocycles. The quantitative estimate of drug-likeness (QED) is 0.156. The van der Waals surface area contributed by atoms with Crippen molar-refractivity contribution in [1.29, 1.82) is 0 Å². The zero-order valence-electron chi connectivity index (χ0n) is 18.5. The van der Waals surface area contributed by atoms with Crippen LogP contribution in [0, 0.1) is 0 Å².